The summed E-state index contributed by atoms with van der Waals surface area (Å²) in [7, 11) is 1.56. The minimum Gasteiger partial charge on any atom is -0.538 e. The van der Waals surface area contributed by atoms with Crippen molar-refractivity contribution in [1.29, 1.82) is 0 Å². The highest BCUT2D eigenvalue weighted by molar-refractivity contribution is 7.99. The molecule has 0 unspecified atom stereocenters. The first-order valence-electron chi connectivity index (χ1n) is 8.50. The van der Waals surface area contributed by atoms with E-state index in [1.165, 1.54) is 11.6 Å². The molecule has 0 fully saturated rings. The number of ether oxygens (including phenoxy) is 1. The van der Waals surface area contributed by atoms with Crippen LogP contribution in [0.3, 0.4) is 0 Å². The quantitative estimate of drug-likeness (QED) is 0.446. The van der Waals surface area contributed by atoms with Crippen LogP contribution in [0.5, 0.6) is 11.7 Å². The lowest BCUT2D eigenvalue weighted by atomic mass is 10.3. The second-order valence-electron chi connectivity index (χ2n) is 5.87. The van der Waals surface area contributed by atoms with Gasteiger partial charge in [0, 0.05) is 30.4 Å². The largest absolute Gasteiger partial charge is 0.538 e. The lowest BCUT2D eigenvalue weighted by Gasteiger charge is -2.06. The molecule has 0 aliphatic carbocycles. The van der Waals surface area contributed by atoms with Crippen molar-refractivity contribution < 1.29 is 28.6 Å². The number of methoxy groups -OCH3 is 1. The van der Waals surface area contributed by atoms with Crippen molar-refractivity contribution in [2.24, 2.45) is 0 Å². The van der Waals surface area contributed by atoms with Crippen molar-refractivity contribution in [2.45, 2.75) is 11.9 Å². The van der Waals surface area contributed by atoms with Crippen molar-refractivity contribution in [1.82, 2.24) is 5.27 Å². The Morgan fingerprint density at radius 1 is 1.10 bits per heavy atom. The number of hydrogen-bond donors (Lipinski definition) is 2. The highest BCUT2D eigenvalue weighted by Crippen LogP contribution is 2.24. The molecule has 3 aromatic rings. The summed E-state index contributed by atoms with van der Waals surface area (Å²) in [5.74, 6) is -0.453. The fourth-order valence-corrected chi connectivity index (χ4v) is 3.18. The van der Waals surface area contributed by atoms with Gasteiger partial charge in [-0.2, -0.15) is 0 Å². The van der Waals surface area contributed by atoms with E-state index in [-0.39, 0.29) is 22.6 Å². The molecule has 2 N–H and O–H groups in total. The summed E-state index contributed by atoms with van der Waals surface area (Å²) in [6.45, 7) is 1.42. The molecule has 0 saturated carbocycles. The van der Waals surface area contributed by atoms with Gasteiger partial charge in [-0.05, 0) is 52.8 Å². The van der Waals surface area contributed by atoms with Gasteiger partial charge in [0.15, 0.2) is 5.95 Å². The van der Waals surface area contributed by atoms with Gasteiger partial charge in [0.25, 0.3) is 5.03 Å². The highest BCUT2D eigenvalue weighted by Gasteiger charge is 2.22. The summed E-state index contributed by atoms with van der Waals surface area (Å²) >= 11 is 1.02. The Kier molecular flexibility index (Phi) is 6.35. The molecule has 9 nitrogen and oxygen atoms in total. The zero-order valence-electron chi connectivity index (χ0n) is 15.7. The minimum atomic E-state index is -0.627. The highest BCUT2D eigenvalue weighted by atomic mass is 32.2. The molecule has 0 aliphatic heterocycles. The third-order valence-electron chi connectivity index (χ3n) is 3.72. The second kappa shape index (κ2) is 9.11. The average Bonchev–Trinajstić information content (AvgIpc) is 3.08. The maximum atomic E-state index is 12.2. The third-order valence-corrected chi connectivity index (χ3v) is 4.74. The molecule has 1 heterocycles. The Labute approximate surface area is 170 Å². The third kappa shape index (κ3) is 5.26. The molecule has 0 radical (unpaired) electrons. The molecule has 29 heavy (non-hydrogen) atoms. The SMILES string of the molecule is COc1ccc(-[n+]2noc([O-])c2SCC(=O)Nc2ccc(NC(C)=O)cc2)cc1. The summed E-state index contributed by atoms with van der Waals surface area (Å²) in [5.41, 5.74) is 1.80. The van der Waals surface area contributed by atoms with Gasteiger partial charge in [-0.3, -0.25) is 9.59 Å². The van der Waals surface area contributed by atoms with E-state index in [2.05, 4.69) is 15.9 Å². The van der Waals surface area contributed by atoms with Crippen LogP contribution in [0.1, 0.15) is 6.92 Å². The van der Waals surface area contributed by atoms with Gasteiger partial charge in [-0.15, -0.1) is 0 Å². The number of carbonyl (C=O) groups excluding carboxylic acids is 2. The second-order valence-corrected chi connectivity index (χ2v) is 6.83. The lowest BCUT2D eigenvalue weighted by molar-refractivity contribution is -0.705. The predicted octanol–water partition coefficient (Wildman–Crippen LogP) is 1.72. The fourth-order valence-electron chi connectivity index (χ4n) is 2.42. The monoisotopic (exact) mass is 414 g/mol. The molecule has 2 aromatic carbocycles. The number of carbonyl (C=O) groups is 2. The van der Waals surface area contributed by atoms with Crippen LogP contribution in [0.25, 0.3) is 5.69 Å². The van der Waals surface area contributed by atoms with E-state index in [0.717, 1.165) is 11.8 Å². The first-order valence-corrected chi connectivity index (χ1v) is 9.48. The molecule has 0 saturated heterocycles. The number of nitrogens with one attached hydrogen (secondary N) is 2. The summed E-state index contributed by atoms with van der Waals surface area (Å²) in [6.07, 6.45) is 0. The normalized spacial score (nSPS) is 10.4. The average molecular weight is 414 g/mol. The van der Waals surface area contributed by atoms with Crippen molar-refractivity contribution >= 4 is 35.0 Å². The Hall–Kier alpha value is -3.53. The summed E-state index contributed by atoms with van der Waals surface area (Å²) < 4.78 is 11.2. The molecule has 150 valence electrons. The molecule has 2 amide bonds. The van der Waals surface area contributed by atoms with Gasteiger partial charge in [-0.25, -0.2) is 0 Å². The van der Waals surface area contributed by atoms with E-state index < -0.39 is 5.95 Å². The molecule has 0 spiro atoms. The van der Waals surface area contributed by atoms with Crippen LogP contribution in [0.4, 0.5) is 11.4 Å². The van der Waals surface area contributed by atoms with E-state index in [9.17, 15) is 14.7 Å². The maximum absolute atomic E-state index is 12.2. The van der Waals surface area contributed by atoms with Crippen LogP contribution in [0, 0.1) is 0 Å². The summed E-state index contributed by atoms with van der Waals surface area (Å²) in [5, 5.41) is 21.3. The topological polar surface area (TPSA) is 120 Å². The lowest BCUT2D eigenvalue weighted by Crippen LogP contribution is -2.35. The van der Waals surface area contributed by atoms with E-state index in [1.807, 2.05) is 0 Å². The van der Waals surface area contributed by atoms with Crippen LogP contribution >= 0.6 is 11.8 Å². The van der Waals surface area contributed by atoms with Crippen LogP contribution in [-0.4, -0.2) is 29.9 Å². The smallest absolute Gasteiger partial charge is 0.298 e. The fraction of sp³-hybridized carbons (Fsp3) is 0.158. The van der Waals surface area contributed by atoms with Gasteiger partial charge in [0.1, 0.15) is 5.75 Å². The zero-order valence-corrected chi connectivity index (χ0v) is 16.5. The van der Waals surface area contributed by atoms with E-state index in [4.69, 9.17) is 9.26 Å². The van der Waals surface area contributed by atoms with E-state index in [0.29, 0.717) is 22.8 Å². The Morgan fingerprint density at radius 3 is 2.31 bits per heavy atom. The molecule has 3 rings (SSSR count). The van der Waals surface area contributed by atoms with Crippen LogP contribution in [0.2, 0.25) is 0 Å². The molecule has 0 bridgehead atoms. The molecular formula is C19H18N4O5S. The maximum Gasteiger partial charge on any atom is 0.298 e. The predicted molar refractivity (Wildman–Crippen MR) is 104 cm³/mol. The van der Waals surface area contributed by atoms with Crippen molar-refractivity contribution in [3.63, 3.8) is 0 Å². The van der Waals surface area contributed by atoms with Gasteiger partial charge in [0.05, 0.1) is 18.1 Å². The molecule has 10 heteroatoms. The van der Waals surface area contributed by atoms with E-state index >= 15 is 0 Å². The van der Waals surface area contributed by atoms with Crippen LogP contribution < -0.4 is 25.2 Å². The van der Waals surface area contributed by atoms with Crippen LogP contribution in [0.15, 0.2) is 58.1 Å². The first kappa shape index (κ1) is 20.2. The number of amides is 2. The van der Waals surface area contributed by atoms with Crippen molar-refractivity contribution in [2.75, 3.05) is 23.5 Å². The number of benzene rings is 2. The minimum absolute atomic E-state index is 0.0138. The standard InChI is InChI=1S/C19H18N4O5S/c1-12(24)20-13-3-5-14(6-4-13)21-17(25)11-29-18-19(26)28-22-23(18)15-7-9-16(27-2)10-8-15/h3-10,22,26H,11H2,1-2H3. The van der Waals surface area contributed by atoms with Gasteiger partial charge < -0.3 is 25.0 Å². The van der Waals surface area contributed by atoms with Crippen LogP contribution in [-0.2, 0) is 9.59 Å². The first-order chi connectivity index (χ1) is 14.0. The number of rotatable bonds is 7. The summed E-state index contributed by atoms with van der Waals surface area (Å²) in [6, 6.07) is 13.6. The molecular weight excluding hydrogens is 396 g/mol. The number of hydrogen-bond acceptors (Lipinski definition) is 7. The molecule has 0 aliphatic rings. The molecule has 1 aromatic heterocycles. The van der Waals surface area contributed by atoms with Crippen molar-refractivity contribution in [3.8, 4) is 17.4 Å². The Balaban J connectivity index is 1.63. The van der Waals surface area contributed by atoms with Gasteiger partial charge in [-0.1, -0.05) is 0 Å². The van der Waals surface area contributed by atoms with Crippen molar-refractivity contribution in [3.05, 3.63) is 48.5 Å². The number of aromatic nitrogens is 2. The zero-order chi connectivity index (χ0) is 20.8. The molecule has 0 atom stereocenters. The number of nitrogens with zero attached hydrogens (tertiary/aromatic N) is 2. The van der Waals surface area contributed by atoms with E-state index in [1.54, 1.807) is 55.6 Å². The Morgan fingerprint density at radius 2 is 1.72 bits per heavy atom. The number of thioether (sulfide) groups is 1. The Bertz CT molecular complexity index is 1000. The number of anilines is 2. The van der Waals surface area contributed by atoms with Gasteiger partial charge in [0.2, 0.25) is 17.5 Å². The van der Waals surface area contributed by atoms with Gasteiger partial charge >= 0.3 is 0 Å². The summed E-state index contributed by atoms with van der Waals surface area (Å²) in [4.78, 5) is 23.3.